The molecule has 96 valence electrons. The van der Waals surface area contributed by atoms with Crippen molar-refractivity contribution in [1.82, 2.24) is 5.32 Å². The van der Waals surface area contributed by atoms with E-state index in [-0.39, 0.29) is 0 Å². The van der Waals surface area contributed by atoms with Gasteiger partial charge in [-0.25, -0.2) is 0 Å². The van der Waals surface area contributed by atoms with Crippen molar-refractivity contribution in [1.29, 1.82) is 0 Å². The zero-order chi connectivity index (χ0) is 12.7. The maximum absolute atomic E-state index is 6.01. The van der Waals surface area contributed by atoms with Gasteiger partial charge in [0.2, 0.25) is 0 Å². The normalized spacial score (nSPS) is 12.1. The van der Waals surface area contributed by atoms with Crippen molar-refractivity contribution in [2.45, 2.75) is 13.3 Å². The van der Waals surface area contributed by atoms with Gasteiger partial charge in [0, 0.05) is 29.5 Å². The number of ether oxygens (including phenoxy) is 1. The van der Waals surface area contributed by atoms with Gasteiger partial charge in [0.05, 0.1) is 6.61 Å². The lowest BCUT2D eigenvalue weighted by Gasteiger charge is -2.06. The molecule has 2 nitrogen and oxygen atoms in total. The lowest BCUT2D eigenvalue weighted by molar-refractivity contribution is 0.200. The van der Waals surface area contributed by atoms with E-state index < -0.39 is 0 Å². The first-order valence-corrected chi connectivity index (χ1v) is 7.50. The van der Waals surface area contributed by atoms with Crippen LogP contribution >= 0.6 is 38.9 Å². The van der Waals surface area contributed by atoms with Crippen molar-refractivity contribution in [3.63, 3.8) is 0 Å². The highest BCUT2D eigenvalue weighted by Crippen LogP contribution is 2.33. The van der Waals surface area contributed by atoms with Crippen LogP contribution in [0.4, 0.5) is 0 Å². The van der Waals surface area contributed by atoms with Crippen molar-refractivity contribution in [3.05, 3.63) is 25.3 Å². The number of hydrogen-bond acceptors (Lipinski definition) is 3. The fourth-order valence-electron chi connectivity index (χ4n) is 1.34. The molecule has 0 bridgehead atoms. The van der Waals surface area contributed by atoms with Crippen LogP contribution < -0.4 is 5.32 Å². The maximum atomic E-state index is 6.01. The van der Waals surface area contributed by atoms with Gasteiger partial charge < -0.3 is 10.1 Å². The van der Waals surface area contributed by atoms with E-state index in [0.29, 0.717) is 0 Å². The zero-order valence-electron chi connectivity index (χ0n) is 10.1. The lowest BCUT2D eigenvalue weighted by atomic mass is 10.2. The molecule has 0 amide bonds. The molecule has 1 aromatic heterocycles. The molecule has 1 aromatic rings. The van der Waals surface area contributed by atoms with E-state index in [9.17, 15) is 0 Å². The molecule has 1 heterocycles. The topological polar surface area (TPSA) is 21.3 Å². The van der Waals surface area contributed by atoms with Gasteiger partial charge in [0.25, 0.3) is 0 Å². The van der Waals surface area contributed by atoms with Crippen molar-refractivity contribution in [2.24, 2.45) is 0 Å². The summed E-state index contributed by atoms with van der Waals surface area (Å²) in [5.74, 6) is 0. The van der Waals surface area contributed by atoms with Crippen LogP contribution in [0.15, 0.2) is 16.1 Å². The van der Waals surface area contributed by atoms with E-state index in [1.165, 1.54) is 10.5 Å². The first-order valence-electron chi connectivity index (χ1n) is 5.51. The average molecular weight is 339 g/mol. The minimum absolute atomic E-state index is 0.743. The Morgan fingerprint density at radius 1 is 1.65 bits per heavy atom. The van der Waals surface area contributed by atoms with Crippen LogP contribution in [0.5, 0.6) is 0 Å². The molecule has 0 saturated heterocycles. The summed E-state index contributed by atoms with van der Waals surface area (Å²) in [6.45, 7) is 4.68. The van der Waals surface area contributed by atoms with E-state index in [1.54, 1.807) is 18.4 Å². The molecule has 0 atom stereocenters. The number of rotatable bonds is 7. The first-order chi connectivity index (χ1) is 8.17. The largest absolute Gasteiger partial charge is 0.383 e. The smallest absolute Gasteiger partial charge is 0.108 e. The molecular formula is C12H17BrClNOS. The molecule has 0 aliphatic heterocycles. The summed E-state index contributed by atoms with van der Waals surface area (Å²) in [6, 6.07) is 2.05. The van der Waals surface area contributed by atoms with Crippen LogP contribution in [-0.2, 0) is 4.74 Å². The number of thiophene rings is 1. The Balaban J connectivity index is 2.54. The first kappa shape index (κ1) is 15.2. The fourth-order valence-corrected chi connectivity index (χ4v) is 3.07. The van der Waals surface area contributed by atoms with E-state index in [0.717, 1.165) is 34.9 Å². The van der Waals surface area contributed by atoms with Crippen molar-refractivity contribution >= 4 is 44.9 Å². The summed E-state index contributed by atoms with van der Waals surface area (Å²) < 4.78 is 6.77. The summed E-state index contributed by atoms with van der Waals surface area (Å²) in [4.78, 5) is 1.19. The predicted molar refractivity (Wildman–Crippen MR) is 80.0 cm³/mol. The van der Waals surface area contributed by atoms with Gasteiger partial charge in [0.1, 0.15) is 4.34 Å². The van der Waals surface area contributed by atoms with Crippen LogP contribution in [0.2, 0.25) is 4.34 Å². The van der Waals surface area contributed by atoms with Gasteiger partial charge in [0.15, 0.2) is 0 Å². The maximum Gasteiger partial charge on any atom is 0.108 e. The SMILES string of the molecule is CCC(=Cc1cc(Br)c(Cl)s1)CNCCOC. The quantitative estimate of drug-likeness (QED) is 0.753. The molecule has 5 heteroatoms. The number of halogens is 2. The van der Waals surface area contributed by atoms with E-state index in [1.807, 2.05) is 0 Å². The molecule has 0 unspecified atom stereocenters. The van der Waals surface area contributed by atoms with Crippen molar-refractivity contribution in [2.75, 3.05) is 26.8 Å². The van der Waals surface area contributed by atoms with Gasteiger partial charge in [-0.05, 0) is 34.5 Å². The monoisotopic (exact) mass is 337 g/mol. The fraction of sp³-hybridized carbons (Fsp3) is 0.500. The second kappa shape index (κ2) is 8.27. The molecule has 1 rings (SSSR count). The highest BCUT2D eigenvalue weighted by Gasteiger charge is 2.03. The Morgan fingerprint density at radius 2 is 2.41 bits per heavy atom. The van der Waals surface area contributed by atoms with Gasteiger partial charge in [-0.15, -0.1) is 11.3 Å². The van der Waals surface area contributed by atoms with Gasteiger partial charge in [-0.3, -0.25) is 0 Å². The van der Waals surface area contributed by atoms with Gasteiger partial charge in [-0.2, -0.15) is 0 Å². The van der Waals surface area contributed by atoms with Gasteiger partial charge in [-0.1, -0.05) is 24.1 Å². The average Bonchev–Trinajstić information content (AvgIpc) is 2.62. The third kappa shape index (κ3) is 5.53. The lowest BCUT2D eigenvalue weighted by Crippen LogP contribution is -2.21. The van der Waals surface area contributed by atoms with Crippen molar-refractivity contribution < 1.29 is 4.74 Å². The summed E-state index contributed by atoms with van der Waals surface area (Å²) in [7, 11) is 1.71. The van der Waals surface area contributed by atoms with Crippen LogP contribution in [0.1, 0.15) is 18.2 Å². The van der Waals surface area contributed by atoms with Crippen molar-refractivity contribution in [3.8, 4) is 0 Å². The Bertz CT molecular complexity index is 359. The Kier molecular flexibility index (Phi) is 7.39. The minimum Gasteiger partial charge on any atom is -0.383 e. The molecule has 0 radical (unpaired) electrons. The number of hydrogen-bond donors (Lipinski definition) is 1. The van der Waals surface area contributed by atoms with Gasteiger partial charge >= 0.3 is 0 Å². The van der Waals surface area contributed by atoms with Crippen LogP contribution in [0, 0.1) is 0 Å². The summed E-state index contributed by atoms with van der Waals surface area (Å²) in [5.41, 5.74) is 1.37. The summed E-state index contributed by atoms with van der Waals surface area (Å²) >= 11 is 11.0. The van der Waals surface area contributed by atoms with E-state index in [4.69, 9.17) is 16.3 Å². The second-order valence-corrected chi connectivity index (χ2v) is 6.14. The number of methoxy groups -OCH3 is 1. The molecule has 0 saturated carbocycles. The summed E-state index contributed by atoms with van der Waals surface area (Å²) in [5, 5.41) is 3.35. The van der Waals surface area contributed by atoms with E-state index in [2.05, 4.69) is 40.3 Å². The Hall–Kier alpha value is 0.130. The number of nitrogens with one attached hydrogen (secondary N) is 1. The molecule has 0 aliphatic rings. The standard InChI is InChI=1S/C12H17BrClNOS/c1-3-9(8-15-4-5-16-2)6-10-7-11(13)12(14)17-10/h6-7,15H,3-5,8H2,1-2H3. The van der Waals surface area contributed by atoms with Crippen LogP contribution in [-0.4, -0.2) is 26.8 Å². The molecule has 0 fully saturated rings. The zero-order valence-corrected chi connectivity index (χ0v) is 13.2. The molecule has 0 aliphatic carbocycles. The molecule has 17 heavy (non-hydrogen) atoms. The second-order valence-electron chi connectivity index (χ2n) is 3.60. The van der Waals surface area contributed by atoms with E-state index >= 15 is 0 Å². The minimum atomic E-state index is 0.743. The molecule has 0 spiro atoms. The third-order valence-corrected chi connectivity index (χ3v) is 4.72. The molecule has 0 aromatic carbocycles. The van der Waals surface area contributed by atoms with Crippen LogP contribution in [0.25, 0.3) is 6.08 Å². The molecular weight excluding hydrogens is 322 g/mol. The predicted octanol–water partition coefficient (Wildman–Crippen LogP) is 4.19. The van der Waals surface area contributed by atoms with Crippen LogP contribution in [0.3, 0.4) is 0 Å². The molecule has 1 N–H and O–H groups in total. The highest BCUT2D eigenvalue weighted by molar-refractivity contribution is 9.10. The Morgan fingerprint density at radius 3 is 2.94 bits per heavy atom. The third-order valence-electron chi connectivity index (χ3n) is 2.30. The Labute approximate surface area is 120 Å². The summed E-state index contributed by atoms with van der Waals surface area (Å²) in [6.07, 6.45) is 3.23. The highest BCUT2D eigenvalue weighted by atomic mass is 79.9.